The van der Waals surface area contributed by atoms with Gasteiger partial charge in [0.2, 0.25) is 0 Å². The molecule has 2 aromatic rings. The summed E-state index contributed by atoms with van der Waals surface area (Å²) in [7, 11) is 1.44. The number of carbonyl (C=O) groups excluding carboxylic acids is 2. The maximum absolute atomic E-state index is 12.8. The van der Waals surface area contributed by atoms with Crippen LogP contribution < -0.4 is 10.6 Å². The monoisotopic (exact) mass is 390 g/mol. The predicted octanol–water partition coefficient (Wildman–Crippen LogP) is 2.82. The Bertz CT molecular complexity index is 776. The Morgan fingerprint density at radius 3 is 2.28 bits per heavy atom. The molecule has 0 aliphatic heterocycles. The van der Waals surface area contributed by atoms with E-state index >= 15 is 0 Å². The van der Waals surface area contributed by atoms with Crippen LogP contribution in [0.2, 0.25) is 10.0 Å². The number of alkyl halides is 2. The largest absolute Gasteiger partial charge is 0.350 e. The van der Waals surface area contributed by atoms with Gasteiger partial charge in [-0.2, -0.15) is 5.10 Å². The average molecular weight is 391 g/mol. The molecule has 0 fully saturated rings. The first-order valence-electron chi connectivity index (χ1n) is 7.13. The van der Waals surface area contributed by atoms with Crippen LogP contribution in [0.3, 0.4) is 0 Å². The molecule has 1 aromatic carbocycles. The number of benzene rings is 1. The predicted molar refractivity (Wildman–Crippen MR) is 89.3 cm³/mol. The minimum absolute atomic E-state index is 0.0320. The lowest BCUT2D eigenvalue weighted by Crippen LogP contribution is -2.35. The third-order valence-electron chi connectivity index (χ3n) is 3.19. The summed E-state index contributed by atoms with van der Waals surface area (Å²) >= 11 is 11.8. The van der Waals surface area contributed by atoms with Crippen LogP contribution in [-0.2, 0) is 7.05 Å². The summed E-state index contributed by atoms with van der Waals surface area (Å²) in [5.41, 5.74) is -0.672. The second kappa shape index (κ2) is 8.26. The molecular formula is C15H14Cl2F2N4O2. The van der Waals surface area contributed by atoms with Crippen LogP contribution in [0.1, 0.15) is 32.8 Å². The topological polar surface area (TPSA) is 76.0 Å². The lowest BCUT2D eigenvalue weighted by atomic mass is 10.2. The highest BCUT2D eigenvalue weighted by Gasteiger charge is 2.22. The molecule has 2 rings (SSSR count). The fourth-order valence-corrected chi connectivity index (χ4v) is 2.66. The maximum Gasteiger partial charge on any atom is 0.282 e. The number of nitrogens with one attached hydrogen (secondary N) is 2. The van der Waals surface area contributed by atoms with Crippen LogP contribution in [-0.4, -0.2) is 34.7 Å². The van der Waals surface area contributed by atoms with Crippen LogP contribution in [0.5, 0.6) is 0 Å². The first-order chi connectivity index (χ1) is 11.8. The summed E-state index contributed by atoms with van der Waals surface area (Å²) < 4.78 is 26.8. The van der Waals surface area contributed by atoms with Gasteiger partial charge in [0.1, 0.15) is 5.69 Å². The van der Waals surface area contributed by atoms with E-state index in [0.29, 0.717) is 0 Å². The molecule has 0 aliphatic rings. The van der Waals surface area contributed by atoms with Crippen LogP contribution in [0, 0.1) is 0 Å². The normalized spacial score (nSPS) is 10.8. The van der Waals surface area contributed by atoms with E-state index in [2.05, 4.69) is 15.7 Å². The number of amides is 2. The molecule has 0 bridgehead atoms. The van der Waals surface area contributed by atoms with Gasteiger partial charge in [-0.25, -0.2) is 8.78 Å². The highest BCUT2D eigenvalue weighted by Crippen LogP contribution is 2.24. The zero-order chi connectivity index (χ0) is 18.6. The number of nitrogens with zero attached hydrogens (tertiary/aromatic N) is 2. The number of hydrogen-bond donors (Lipinski definition) is 2. The van der Waals surface area contributed by atoms with Gasteiger partial charge < -0.3 is 10.6 Å². The highest BCUT2D eigenvalue weighted by molar-refractivity contribution is 6.39. The number of halogens is 4. The third kappa shape index (κ3) is 4.67. The van der Waals surface area contributed by atoms with Crippen molar-refractivity contribution < 1.29 is 18.4 Å². The van der Waals surface area contributed by atoms with Crippen molar-refractivity contribution in [3.63, 3.8) is 0 Å². The van der Waals surface area contributed by atoms with E-state index in [1.165, 1.54) is 25.4 Å². The van der Waals surface area contributed by atoms with Gasteiger partial charge in [0.05, 0.1) is 21.2 Å². The number of rotatable bonds is 6. The van der Waals surface area contributed by atoms with Gasteiger partial charge in [0, 0.05) is 26.3 Å². The molecule has 1 aromatic heterocycles. The second-order valence-corrected chi connectivity index (χ2v) is 5.83. The molecule has 0 spiro atoms. The standard InChI is InChI=1S/C15H14Cl2F2N4O2/c1-23-7-8(12(22-23)13(18)19)14(24)20-5-6-21-15(25)11-9(16)3-2-4-10(11)17/h2-4,7,13H,5-6H2,1H3,(H,20,24)(H,21,25). The Kier molecular flexibility index (Phi) is 6.33. The Labute approximate surface area is 152 Å². The van der Waals surface area contributed by atoms with Crippen LogP contribution in [0.4, 0.5) is 8.78 Å². The maximum atomic E-state index is 12.8. The van der Waals surface area contributed by atoms with E-state index in [9.17, 15) is 18.4 Å². The fourth-order valence-electron chi connectivity index (χ4n) is 2.09. The van der Waals surface area contributed by atoms with Crippen molar-refractivity contribution in [2.75, 3.05) is 13.1 Å². The number of carbonyl (C=O) groups is 2. The summed E-state index contributed by atoms with van der Waals surface area (Å²) in [4.78, 5) is 24.0. The molecule has 0 saturated carbocycles. The van der Waals surface area contributed by atoms with Gasteiger partial charge in [-0.15, -0.1) is 0 Å². The van der Waals surface area contributed by atoms with E-state index in [1.54, 1.807) is 6.07 Å². The molecule has 0 atom stereocenters. The second-order valence-electron chi connectivity index (χ2n) is 5.01. The summed E-state index contributed by atoms with van der Waals surface area (Å²) in [5, 5.41) is 8.93. The van der Waals surface area contributed by atoms with Crippen molar-refractivity contribution >= 4 is 35.0 Å². The summed E-state index contributed by atoms with van der Waals surface area (Å²) in [6.45, 7) is 0.0978. The average Bonchev–Trinajstić information content (AvgIpc) is 2.93. The molecule has 2 N–H and O–H groups in total. The smallest absolute Gasteiger partial charge is 0.282 e. The van der Waals surface area contributed by atoms with Gasteiger partial charge in [-0.05, 0) is 12.1 Å². The van der Waals surface area contributed by atoms with Crippen molar-refractivity contribution in [2.45, 2.75) is 6.43 Å². The molecular weight excluding hydrogens is 377 g/mol. The number of aryl methyl sites for hydroxylation is 1. The molecule has 2 amide bonds. The fraction of sp³-hybridized carbons (Fsp3) is 0.267. The Balaban J connectivity index is 1.89. The Morgan fingerprint density at radius 2 is 1.72 bits per heavy atom. The molecule has 10 heteroatoms. The van der Waals surface area contributed by atoms with Gasteiger partial charge in [-0.3, -0.25) is 14.3 Å². The molecule has 134 valence electrons. The summed E-state index contributed by atoms with van der Waals surface area (Å²) in [6.07, 6.45) is -1.65. The molecule has 25 heavy (non-hydrogen) atoms. The highest BCUT2D eigenvalue weighted by atomic mass is 35.5. The quantitative estimate of drug-likeness (QED) is 0.744. The lowest BCUT2D eigenvalue weighted by Gasteiger charge is -2.09. The van der Waals surface area contributed by atoms with Gasteiger partial charge in [0.25, 0.3) is 18.2 Å². The molecule has 0 saturated heterocycles. The van der Waals surface area contributed by atoms with Crippen molar-refractivity contribution in [3.8, 4) is 0 Å². The van der Waals surface area contributed by atoms with Crippen LogP contribution in [0.15, 0.2) is 24.4 Å². The lowest BCUT2D eigenvalue weighted by molar-refractivity contribution is 0.0920. The molecule has 0 radical (unpaired) electrons. The van der Waals surface area contributed by atoms with E-state index < -0.39 is 23.9 Å². The van der Waals surface area contributed by atoms with Crippen molar-refractivity contribution in [2.24, 2.45) is 7.05 Å². The van der Waals surface area contributed by atoms with Crippen LogP contribution >= 0.6 is 23.2 Å². The Morgan fingerprint density at radius 1 is 1.16 bits per heavy atom. The van der Waals surface area contributed by atoms with Gasteiger partial charge in [0.15, 0.2) is 0 Å². The first-order valence-corrected chi connectivity index (χ1v) is 7.89. The summed E-state index contributed by atoms with van der Waals surface area (Å²) in [6, 6.07) is 4.66. The zero-order valence-corrected chi connectivity index (χ0v) is 14.5. The summed E-state index contributed by atoms with van der Waals surface area (Å²) in [5.74, 6) is -1.20. The van der Waals surface area contributed by atoms with Gasteiger partial charge in [-0.1, -0.05) is 29.3 Å². The van der Waals surface area contributed by atoms with E-state index in [-0.39, 0.29) is 34.3 Å². The third-order valence-corrected chi connectivity index (χ3v) is 3.82. The van der Waals surface area contributed by atoms with Crippen molar-refractivity contribution in [1.29, 1.82) is 0 Å². The molecule has 0 unspecified atom stereocenters. The molecule has 0 aliphatic carbocycles. The number of aromatic nitrogens is 2. The van der Waals surface area contributed by atoms with E-state index in [4.69, 9.17) is 23.2 Å². The first kappa shape index (κ1) is 19.1. The van der Waals surface area contributed by atoms with Crippen LogP contribution in [0.25, 0.3) is 0 Å². The molecule has 1 heterocycles. The Hall–Kier alpha value is -2.19. The zero-order valence-electron chi connectivity index (χ0n) is 13.0. The van der Waals surface area contributed by atoms with Crippen molar-refractivity contribution in [3.05, 3.63) is 51.3 Å². The SMILES string of the molecule is Cn1cc(C(=O)NCCNC(=O)c2c(Cl)cccc2Cl)c(C(F)F)n1. The minimum Gasteiger partial charge on any atom is -0.350 e. The van der Waals surface area contributed by atoms with Crippen molar-refractivity contribution in [1.82, 2.24) is 20.4 Å². The number of hydrogen-bond acceptors (Lipinski definition) is 3. The molecule has 6 nitrogen and oxygen atoms in total. The van der Waals surface area contributed by atoms with E-state index in [0.717, 1.165) is 4.68 Å². The van der Waals surface area contributed by atoms with Gasteiger partial charge >= 0.3 is 0 Å². The van der Waals surface area contributed by atoms with E-state index in [1.807, 2.05) is 0 Å². The minimum atomic E-state index is -2.86.